The maximum Gasteiger partial charge on any atom is 0.230 e. The van der Waals surface area contributed by atoms with E-state index in [0.29, 0.717) is 16.7 Å². The van der Waals surface area contributed by atoms with E-state index in [0.717, 1.165) is 11.3 Å². The first-order valence-electron chi connectivity index (χ1n) is 7.20. The lowest BCUT2D eigenvalue weighted by Crippen LogP contribution is -2.24. The number of tetrazole rings is 1. The molecule has 8 heteroatoms. The second kappa shape index (κ2) is 7.94. The van der Waals surface area contributed by atoms with Gasteiger partial charge < -0.3 is 5.32 Å². The molecular formula is C16H14ClN5OS. The number of benzene rings is 2. The molecule has 0 unspecified atom stereocenters. The fourth-order valence-corrected chi connectivity index (χ4v) is 2.96. The number of para-hydroxylation sites is 1. The van der Waals surface area contributed by atoms with Crippen LogP contribution in [0.5, 0.6) is 0 Å². The molecule has 0 atom stereocenters. The summed E-state index contributed by atoms with van der Waals surface area (Å²) in [5.41, 5.74) is 1.80. The Balaban J connectivity index is 1.55. The Labute approximate surface area is 148 Å². The van der Waals surface area contributed by atoms with Crippen molar-refractivity contribution < 1.29 is 4.79 Å². The predicted molar refractivity (Wildman–Crippen MR) is 93.2 cm³/mol. The molecule has 1 aromatic heterocycles. The van der Waals surface area contributed by atoms with Crippen molar-refractivity contribution in [2.45, 2.75) is 11.7 Å². The number of thioether (sulfide) groups is 1. The highest BCUT2D eigenvalue weighted by atomic mass is 35.5. The van der Waals surface area contributed by atoms with Crippen LogP contribution in [0.2, 0.25) is 5.02 Å². The summed E-state index contributed by atoms with van der Waals surface area (Å²) in [6.45, 7) is 0.434. The van der Waals surface area contributed by atoms with Crippen molar-refractivity contribution >= 4 is 29.3 Å². The zero-order valence-corrected chi connectivity index (χ0v) is 14.2. The number of carbonyl (C=O) groups is 1. The Morgan fingerprint density at radius 2 is 2.00 bits per heavy atom. The molecule has 1 heterocycles. The van der Waals surface area contributed by atoms with Gasteiger partial charge in [-0.1, -0.05) is 53.7 Å². The van der Waals surface area contributed by atoms with Crippen molar-refractivity contribution in [2.75, 3.05) is 5.75 Å². The molecule has 0 radical (unpaired) electrons. The first-order valence-corrected chi connectivity index (χ1v) is 8.56. The lowest BCUT2D eigenvalue weighted by atomic mass is 10.2. The normalized spacial score (nSPS) is 10.5. The molecule has 0 aliphatic rings. The van der Waals surface area contributed by atoms with E-state index in [1.54, 1.807) is 10.7 Å². The van der Waals surface area contributed by atoms with E-state index in [-0.39, 0.29) is 11.7 Å². The maximum absolute atomic E-state index is 12.0. The summed E-state index contributed by atoms with van der Waals surface area (Å²) in [7, 11) is 0. The van der Waals surface area contributed by atoms with E-state index in [2.05, 4.69) is 20.8 Å². The average Bonchev–Trinajstić information content (AvgIpc) is 3.07. The van der Waals surface area contributed by atoms with Crippen molar-refractivity contribution in [3.63, 3.8) is 0 Å². The number of halogens is 1. The Kier molecular flexibility index (Phi) is 5.45. The molecule has 0 fully saturated rings. The number of nitrogens with zero attached hydrogens (tertiary/aromatic N) is 4. The number of hydrogen-bond donors (Lipinski definition) is 1. The second-order valence-corrected chi connectivity index (χ2v) is 6.28. The van der Waals surface area contributed by atoms with Gasteiger partial charge >= 0.3 is 0 Å². The van der Waals surface area contributed by atoms with Crippen LogP contribution in [0.3, 0.4) is 0 Å². The smallest absolute Gasteiger partial charge is 0.230 e. The molecule has 0 aliphatic carbocycles. The minimum Gasteiger partial charge on any atom is -0.351 e. The second-order valence-electron chi connectivity index (χ2n) is 4.90. The van der Waals surface area contributed by atoms with E-state index >= 15 is 0 Å². The van der Waals surface area contributed by atoms with Crippen LogP contribution in [0, 0.1) is 0 Å². The van der Waals surface area contributed by atoms with Gasteiger partial charge in [0.1, 0.15) is 0 Å². The monoisotopic (exact) mass is 359 g/mol. The number of aromatic nitrogens is 4. The molecule has 0 bridgehead atoms. The van der Waals surface area contributed by atoms with Crippen LogP contribution >= 0.6 is 23.4 Å². The van der Waals surface area contributed by atoms with Crippen molar-refractivity contribution in [1.29, 1.82) is 0 Å². The summed E-state index contributed by atoms with van der Waals surface area (Å²) in [5.74, 6) is 0.135. The van der Waals surface area contributed by atoms with E-state index in [9.17, 15) is 4.79 Å². The minimum absolute atomic E-state index is 0.0948. The highest BCUT2D eigenvalue weighted by Gasteiger charge is 2.11. The molecule has 0 saturated carbocycles. The van der Waals surface area contributed by atoms with Crippen molar-refractivity contribution in [1.82, 2.24) is 25.5 Å². The van der Waals surface area contributed by atoms with Crippen LogP contribution in [0.25, 0.3) is 5.69 Å². The van der Waals surface area contributed by atoms with Gasteiger partial charge in [-0.05, 0) is 40.3 Å². The molecular weight excluding hydrogens is 346 g/mol. The number of nitrogens with one attached hydrogen (secondary N) is 1. The van der Waals surface area contributed by atoms with Gasteiger partial charge in [0.25, 0.3) is 0 Å². The summed E-state index contributed by atoms with van der Waals surface area (Å²) in [6, 6.07) is 16.9. The highest BCUT2D eigenvalue weighted by molar-refractivity contribution is 7.99. The maximum atomic E-state index is 12.0. The number of carbonyl (C=O) groups excluding carboxylic acids is 1. The third-order valence-electron chi connectivity index (χ3n) is 3.15. The van der Waals surface area contributed by atoms with E-state index in [4.69, 9.17) is 11.6 Å². The summed E-state index contributed by atoms with van der Waals surface area (Å²) >= 11 is 7.21. The third kappa shape index (κ3) is 4.33. The molecule has 0 saturated heterocycles. The average molecular weight is 360 g/mol. The molecule has 2 aromatic carbocycles. The van der Waals surface area contributed by atoms with Gasteiger partial charge in [-0.2, -0.15) is 4.68 Å². The molecule has 1 amide bonds. The van der Waals surface area contributed by atoms with E-state index < -0.39 is 0 Å². The standard InChI is InChI=1S/C16H14ClN5OS/c17-13-6-4-5-12(9-13)10-18-15(23)11-24-16-19-20-21-22(16)14-7-2-1-3-8-14/h1-9H,10-11H2,(H,18,23). The molecule has 1 N–H and O–H groups in total. The lowest BCUT2D eigenvalue weighted by molar-refractivity contribution is -0.118. The fourth-order valence-electron chi connectivity index (χ4n) is 2.03. The summed E-state index contributed by atoms with van der Waals surface area (Å²) in [6.07, 6.45) is 0. The number of amides is 1. The third-order valence-corrected chi connectivity index (χ3v) is 4.31. The molecule has 6 nitrogen and oxygen atoms in total. The predicted octanol–water partition coefficient (Wildman–Crippen LogP) is 2.72. The molecule has 122 valence electrons. The van der Waals surface area contributed by atoms with Crippen LogP contribution < -0.4 is 5.32 Å². The van der Waals surface area contributed by atoms with Gasteiger partial charge in [-0.25, -0.2) is 0 Å². The van der Waals surface area contributed by atoms with Gasteiger partial charge in [0.15, 0.2) is 0 Å². The lowest BCUT2D eigenvalue weighted by Gasteiger charge is -2.06. The quantitative estimate of drug-likeness (QED) is 0.685. The zero-order valence-electron chi connectivity index (χ0n) is 12.6. The molecule has 0 spiro atoms. The Morgan fingerprint density at radius 3 is 2.79 bits per heavy atom. The Hall–Kier alpha value is -2.38. The first-order chi connectivity index (χ1) is 11.7. The van der Waals surface area contributed by atoms with Crippen molar-refractivity contribution in [3.05, 3.63) is 65.2 Å². The van der Waals surface area contributed by atoms with Crippen molar-refractivity contribution in [2.24, 2.45) is 0 Å². The SMILES string of the molecule is O=C(CSc1nnnn1-c1ccccc1)NCc1cccc(Cl)c1. The summed E-state index contributed by atoms with van der Waals surface area (Å²) < 4.78 is 1.61. The van der Waals surface area contributed by atoms with E-state index in [1.165, 1.54) is 11.8 Å². The molecule has 3 aromatic rings. The van der Waals surface area contributed by atoms with Gasteiger partial charge in [0.2, 0.25) is 11.1 Å². The largest absolute Gasteiger partial charge is 0.351 e. The highest BCUT2D eigenvalue weighted by Crippen LogP contribution is 2.17. The molecule has 0 aliphatic heterocycles. The zero-order chi connectivity index (χ0) is 16.8. The number of rotatable bonds is 6. The van der Waals surface area contributed by atoms with Crippen LogP contribution in [-0.2, 0) is 11.3 Å². The van der Waals surface area contributed by atoms with Gasteiger partial charge in [0.05, 0.1) is 11.4 Å². The van der Waals surface area contributed by atoms with Gasteiger partial charge in [0, 0.05) is 11.6 Å². The minimum atomic E-state index is -0.0948. The van der Waals surface area contributed by atoms with Gasteiger partial charge in [-0.15, -0.1) is 5.10 Å². The Morgan fingerprint density at radius 1 is 1.17 bits per heavy atom. The van der Waals surface area contributed by atoms with Crippen molar-refractivity contribution in [3.8, 4) is 5.69 Å². The summed E-state index contributed by atoms with van der Waals surface area (Å²) in [4.78, 5) is 12.0. The number of hydrogen-bond acceptors (Lipinski definition) is 5. The molecule has 24 heavy (non-hydrogen) atoms. The molecule has 3 rings (SSSR count). The van der Waals surface area contributed by atoms with Crippen LogP contribution in [0.1, 0.15) is 5.56 Å². The van der Waals surface area contributed by atoms with E-state index in [1.807, 2.05) is 48.5 Å². The Bertz CT molecular complexity index is 824. The van der Waals surface area contributed by atoms with Crippen LogP contribution in [0.4, 0.5) is 0 Å². The fraction of sp³-hybridized carbons (Fsp3) is 0.125. The topological polar surface area (TPSA) is 72.7 Å². The van der Waals surface area contributed by atoms with Crippen LogP contribution in [0.15, 0.2) is 59.8 Å². The van der Waals surface area contributed by atoms with Crippen LogP contribution in [-0.4, -0.2) is 31.9 Å². The van der Waals surface area contributed by atoms with Gasteiger partial charge in [-0.3, -0.25) is 4.79 Å². The first kappa shape index (κ1) is 16.5. The summed E-state index contributed by atoms with van der Waals surface area (Å²) in [5, 5.41) is 15.7.